The van der Waals surface area contributed by atoms with E-state index in [0.29, 0.717) is 24.1 Å². The van der Waals surface area contributed by atoms with Crippen LogP contribution in [0.3, 0.4) is 0 Å². The monoisotopic (exact) mass is 461 g/mol. The molecule has 4 rings (SSSR count). The highest BCUT2D eigenvalue weighted by atomic mass is 16.5. The zero-order chi connectivity index (χ0) is 24.6. The lowest BCUT2D eigenvalue weighted by Gasteiger charge is -2.17. The maximum atomic E-state index is 12.8. The van der Waals surface area contributed by atoms with Gasteiger partial charge in [0.05, 0.1) is 13.4 Å². The molecule has 0 aliphatic rings. The zero-order valence-electron chi connectivity index (χ0n) is 20.6. The van der Waals surface area contributed by atoms with Gasteiger partial charge in [0.25, 0.3) is 0 Å². The summed E-state index contributed by atoms with van der Waals surface area (Å²) in [5, 5.41) is 4.81. The Kier molecular flexibility index (Phi) is 6.26. The molecule has 178 valence electrons. The van der Waals surface area contributed by atoms with Gasteiger partial charge in [0, 0.05) is 40.4 Å². The lowest BCUT2D eigenvalue weighted by molar-refractivity contribution is -0.121. The van der Waals surface area contributed by atoms with E-state index in [4.69, 9.17) is 13.6 Å². The van der Waals surface area contributed by atoms with Gasteiger partial charge in [-0.2, -0.15) is 0 Å². The first-order chi connectivity index (χ1) is 16.1. The van der Waals surface area contributed by atoms with E-state index in [2.05, 4.69) is 26.1 Å². The molecule has 2 heterocycles. The van der Waals surface area contributed by atoms with E-state index >= 15 is 0 Å². The van der Waals surface area contributed by atoms with E-state index in [0.717, 1.165) is 44.4 Å². The topological polar surface area (TPSA) is 81.7 Å². The molecule has 6 heteroatoms. The van der Waals surface area contributed by atoms with Gasteiger partial charge < -0.3 is 18.9 Å². The Morgan fingerprint density at radius 3 is 2.53 bits per heavy atom. The second-order valence-electron chi connectivity index (χ2n) is 9.78. The molecule has 2 aromatic heterocycles. The molecule has 0 radical (unpaired) electrons. The average Bonchev–Trinajstić information content (AvgIpc) is 3.24. The fourth-order valence-corrected chi connectivity index (χ4v) is 4.38. The number of ether oxygens (including phenoxy) is 1. The molecule has 34 heavy (non-hydrogen) atoms. The number of hydrogen-bond acceptors (Lipinski definition) is 5. The summed E-state index contributed by atoms with van der Waals surface area (Å²) >= 11 is 0. The number of aryl methyl sites for hydroxylation is 2. The van der Waals surface area contributed by atoms with E-state index in [1.54, 1.807) is 13.4 Å². The Morgan fingerprint density at radius 2 is 1.82 bits per heavy atom. The van der Waals surface area contributed by atoms with Crippen LogP contribution in [0.2, 0.25) is 0 Å². The maximum Gasteiger partial charge on any atom is 0.339 e. The van der Waals surface area contributed by atoms with Gasteiger partial charge in [0.1, 0.15) is 16.9 Å². The minimum absolute atomic E-state index is 0.0847. The van der Waals surface area contributed by atoms with Crippen molar-refractivity contribution in [3.8, 4) is 5.75 Å². The Morgan fingerprint density at radius 1 is 1.06 bits per heavy atom. The molecule has 6 nitrogen and oxygen atoms in total. The van der Waals surface area contributed by atoms with Crippen molar-refractivity contribution in [2.45, 2.75) is 59.4 Å². The summed E-state index contributed by atoms with van der Waals surface area (Å²) < 4.78 is 16.8. The zero-order valence-corrected chi connectivity index (χ0v) is 20.6. The van der Waals surface area contributed by atoms with Crippen LogP contribution in [0.1, 0.15) is 55.0 Å². The van der Waals surface area contributed by atoms with Gasteiger partial charge in [0.15, 0.2) is 0 Å². The van der Waals surface area contributed by atoms with Crippen LogP contribution in [0.25, 0.3) is 21.9 Å². The lowest BCUT2D eigenvalue weighted by Crippen LogP contribution is -2.24. The highest BCUT2D eigenvalue weighted by Crippen LogP contribution is 2.37. The second-order valence-corrected chi connectivity index (χ2v) is 9.78. The van der Waals surface area contributed by atoms with E-state index < -0.39 is 5.63 Å². The standard InChI is InChI=1S/C28H31NO5/c1-16-20(10-11-24(30)29-14-18-8-7-9-19(12-18)32-6)27(31)34-26-17(2)25-22(13-21(16)26)23(15-33-25)28(3,4)5/h7-9,12-13,15H,10-11,14H2,1-6H3,(H,29,30). The maximum absolute atomic E-state index is 12.8. The quantitative estimate of drug-likeness (QED) is 0.372. The predicted octanol–water partition coefficient (Wildman–Crippen LogP) is 5.71. The van der Waals surface area contributed by atoms with Crippen LogP contribution in [-0.4, -0.2) is 13.0 Å². The van der Waals surface area contributed by atoms with Crippen molar-refractivity contribution in [1.29, 1.82) is 0 Å². The van der Waals surface area contributed by atoms with Gasteiger partial charge in [-0.25, -0.2) is 4.79 Å². The van der Waals surface area contributed by atoms with Gasteiger partial charge in [-0.1, -0.05) is 32.9 Å². The van der Waals surface area contributed by atoms with Crippen LogP contribution in [0.15, 0.2) is 50.2 Å². The van der Waals surface area contributed by atoms with E-state index in [9.17, 15) is 9.59 Å². The molecule has 1 amide bonds. The molecular formula is C28H31NO5. The van der Waals surface area contributed by atoms with Crippen molar-refractivity contribution in [3.63, 3.8) is 0 Å². The third-order valence-electron chi connectivity index (χ3n) is 6.38. The third kappa shape index (κ3) is 4.45. The summed E-state index contributed by atoms with van der Waals surface area (Å²) in [5.41, 5.74) is 5.03. The molecular weight excluding hydrogens is 430 g/mol. The third-order valence-corrected chi connectivity index (χ3v) is 6.38. The molecule has 0 saturated carbocycles. The number of benzene rings is 2. The number of furan rings is 1. The van der Waals surface area contributed by atoms with Crippen LogP contribution >= 0.6 is 0 Å². The minimum atomic E-state index is -0.407. The van der Waals surface area contributed by atoms with Crippen molar-refractivity contribution in [2.75, 3.05) is 7.11 Å². The van der Waals surface area contributed by atoms with Crippen molar-refractivity contribution >= 4 is 27.8 Å². The number of nitrogens with one attached hydrogen (secondary N) is 1. The fraction of sp³-hybridized carbons (Fsp3) is 0.357. The number of amides is 1. The largest absolute Gasteiger partial charge is 0.497 e. The Labute approximate surface area is 198 Å². The molecule has 0 saturated heterocycles. The van der Waals surface area contributed by atoms with E-state index in [1.807, 2.05) is 44.2 Å². The summed E-state index contributed by atoms with van der Waals surface area (Å²) in [7, 11) is 1.61. The predicted molar refractivity (Wildman–Crippen MR) is 134 cm³/mol. The minimum Gasteiger partial charge on any atom is -0.497 e. The van der Waals surface area contributed by atoms with Gasteiger partial charge in [-0.3, -0.25) is 4.79 Å². The van der Waals surface area contributed by atoms with Gasteiger partial charge in [-0.05, 0) is 55.0 Å². The Hall–Kier alpha value is -3.54. The van der Waals surface area contributed by atoms with Crippen molar-refractivity contribution < 1.29 is 18.4 Å². The first-order valence-electron chi connectivity index (χ1n) is 11.5. The number of methoxy groups -OCH3 is 1. The molecule has 0 aliphatic heterocycles. The number of carbonyl (C=O) groups is 1. The summed E-state index contributed by atoms with van der Waals surface area (Å²) in [4.78, 5) is 25.3. The van der Waals surface area contributed by atoms with Gasteiger partial charge in [0.2, 0.25) is 5.91 Å². The normalized spacial score (nSPS) is 11.8. The molecule has 1 N–H and O–H groups in total. The molecule has 0 unspecified atom stereocenters. The molecule has 2 aromatic carbocycles. The molecule has 4 aromatic rings. The fourth-order valence-electron chi connectivity index (χ4n) is 4.38. The first-order valence-corrected chi connectivity index (χ1v) is 11.5. The summed E-state index contributed by atoms with van der Waals surface area (Å²) in [6.45, 7) is 10.7. The molecule has 0 fully saturated rings. The van der Waals surface area contributed by atoms with Crippen molar-refractivity contribution in [2.24, 2.45) is 0 Å². The highest BCUT2D eigenvalue weighted by Gasteiger charge is 2.23. The Bertz CT molecular complexity index is 1440. The van der Waals surface area contributed by atoms with Crippen LogP contribution in [0.5, 0.6) is 5.75 Å². The number of rotatable bonds is 6. The molecule has 0 atom stereocenters. The summed E-state index contributed by atoms with van der Waals surface area (Å²) in [5.74, 6) is 0.617. The van der Waals surface area contributed by atoms with Crippen molar-refractivity contribution in [1.82, 2.24) is 5.32 Å². The smallest absolute Gasteiger partial charge is 0.339 e. The number of fused-ring (bicyclic) bond motifs is 2. The molecule has 0 bridgehead atoms. The van der Waals surface area contributed by atoms with E-state index in [1.165, 1.54) is 0 Å². The number of hydrogen-bond donors (Lipinski definition) is 1. The SMILES string of the molecule is COc1cccc(CNC(=O)CCc2c(C)c3cc4c(C(C)(C)C)coc4c(C)c3oc2=O)c1. The Balaban J connectivity index is 1.59. The second kappa shape index (κ2) is 9.01. The van der Waals surface area contributed by atoms with Crippen LogP contribution < -0.4 is 15.7 Å². The lowest BCUT2D eigenvalue weighted by atomic mass is 9.86. The van der Waals surface area contributed by atoms with Gasteiger partial charge in [-0.15, -0.1) is 0 Å². The average molecular weight is 462 g/mol. The first kappa shape index (κ1) is 23.6. The highest BCUT2D eigenvalue weighted by molar-refractivity contribution is 6.00. The summed E-state index contributed by atoms with van der Waals surface area (Å²) in [6.07, 6.45) is 2.29. The molecule has 0 spiro atoms. The summed E-state index contributed by atoms with van der Waals surface area (Å²) in [6, 6.07) is 9.60. The van der Waals surface area contributed by atoms with Crippen LogP contribution in [0, 0.1) is 13.8 Å². The molecule has 0 aliphatic carbocycles. The van der Waals surface area contributed by atoms with Gasteiger partial charge >= 0.3 is 5.63 Å². The van der Waals surface area contributed by atoms with Crippen molar-refractivity contribution in [3.05, 3.63) is 74.8 Å². The van der Waals surface area contributed by atoms with Crippen LogP contribution in [-0.2, 0) is 23.2 Å². The van der Waals surface area contributed by atoms with Crippen LogP contribution in [0.4, 0.5) is 0 Å². The number of carbonyl (C=O) groups excluding carboxylic acids is 1. The van der Waals surface area contributed by atoms with E-state index in [-0.39, 0.29) is 17.7 Å².